The molecule has 0 aliphatic carbocycles. The standard InChI is InChI=1S/C24H21BrClN3O3S/c1-4-19-21(14-5-7-15(25)8-6-14)22-23(33-19)27-12-29(24(22)31)11-20(30)28-17-9-13(2)16(26)10-18(17)32-3/h5-10,12H,4,11H2,1-3H3,(H,28,30). The summed E-state index contributed by atoms with van der Waals surface area (Å²) in [6.45, 7) is 3.72. The van der Waals surface area contributed by atoms with Gasteiger partial charge in [-0.1, -0.05) is 46.6 Å². The van der Waals surface area contributed by atoms with Gasteiger partial charge in [-0.3, -0.25) is 14.2 Å². The van der Waals surface area contributed by atoms with Crippen molar-refractivity contribution in [1.29, 1.82) is 0 Å². The number of amides is 1. The first-order valence-electron chi connectivity index (χ1n) is 10.2. The number of aryl methyl sites for hydroxylation is 2. The predicted octanol–water partition coefficient (Wildman–Crippen LogP) is 6.06. The fourth-order valence-electron chi connectivity index (χ4n) is 3.63. The molecule has 2 aromatic carbocycles. The molecule has 0 atom stereocenters. The van der Waals surface area contributed by atoms with E-state index in [1.165, 1.54) is 29.3 Å². The van der Waals surface area contributed by atoms with E-state index in [1.807, 2.05) is 31.2 Å². The van der Waals surface area contributed by atoms with Gasteiger partial charge in [0.05, 0.1) is 24.5 Å². The van der Waals surface area contributed by atoms with E-state index in [1.54, 1.807) is 12.1 Å². The highest BCUT2D eigenvalue weighted by Gasteiger charge is 2.19. The van der Waals surface area contributed by atoms with Crippen molar-refractivity contribution in [3.05, 3.63) is 73.0 Å². The molecule has 4 rings (SSSR count). The highest BCUT2D eigenvalue weighted by atomic mass is 79.9. The summed E-state index contributed by atoms with van der Waals surface area (Å²) in [6, 6.07) is 11.2. The van der Waals surface area contributed by atoms with Crippen molar-refractivity contribution in [2.75, 3.05) is 12.4 Å². The molecule has 0 bridgehead atoms. The van der Waals surface area contributed by atoms with Crippen molar-refractivity contribution in [1.82, 2.24) is 9.55 Å². The van der Waals surface area contributed by atoms with Gasteiger partial charge in [-0.05, 0) is 42.7 Å². The van der Waals surface area contributed by atoms with Crippen LogP contribution in [-0.2, 0) is 17.8 Å². The molecule has 0 aliphatic rings. The first kappa shape index (κ1) is 23.5. The molecule has 1 amide bonds. The topological polar surface area (TPSA) is 73.2 Å². The highest BCUT2D eigenvalue weighted by Crippen LogP contribution is 2.37. The number of hydrogen-bond acceptors (Lipinski definition) is 5. The summed E-state index contributed by atoms with van der Waals surface area (Å²) < 4.78 is 7.62. The normalized spacial score (nSPS) is 11.1. The van der Waals surface area contributed by atoms with Gasteiger partial charge in [0.2, 0.25) is 5.91 Å². The van der Waals surface area contributed by atoms with Gasteiger partial charge in [0.1, 0.15) is 17.1 Å². The van der Waals surface area contributed by atoms with Crippen LogP contribution in [-0.4, -0.2) is 22.6 Å². The number of carbonyl (C=O) groups is 1. The van der Waals surface area contributed by atoms with Crippen LogP contribution in [0, 0.1) is 6.92 Å². The number of rotatable bonds is 6. The van der Waals surface area contributed by atoms with E-state index in [0.717, 1.165) is 32.5 Å². The third-order valence-electron chi connectivity index (χ3n) is 5.27. The number of benzene rings is 2. The molecule has 0 fully saturated rings. The van der Waals surface area contributed by atoms with E-state index in [0.29, 0.717) is 26.7 Å². The number of methoxy groups -OCH3 is 1. The fourth-order valence-corrected chi connectivity index (χ4v) is 5.14. The molecule has 2 aromatic heterocycles. The minimum atomic E-state index is -0.366. The van der Waals surface area contributed by atoms with Crippen molar-refractivity contribution < 1.29 is 9.53 Å². The van der Waals surface area contributed by atoms with Gasteiger partial charge in [-0.2, -0.15) is 0 Å². The molecule has 1 N–H and O–H groups in total. The summed E-state index contributed by atoms with van der Waals surface area (Å²) in [4.78, 5) is 32.5. The molecule has 4 aromatic rings. The van der Waals surface area contributed by atoms with Crippen LogP contribution < -0.4 is 15.6 Å². The lowest BCUT2D eigenvalue weighted by Gasteiger charge is -2.13. The second-order valence-electron chi connectivity index (χ2n) is 7.47. The minimum absolute atomic E-state index is 0.177. The number of anilines is 1. The Labute approximate surface area is 208 Å². The lowest BCUT2D eigenvalue weighted by Crippen LogP contribution is -2.28. The zero-order valence-corrected chi connectivity index (χ0v) is 21.4. The van der Waals surface area contributed by atoms with Crippen LogP contribution in [0.25, 0.3) is 21.3 Å². The number of aromatic nitrogens is 2. The third-order valence-corrected chi connectivity index (χ3v) is 7.45. The highest BCUT2D eigenvalue weighted by molar-refractivity contribution is 9.10. The summed E-state index contributed by atoms with van der Waals surface area (Å²) in [5.74, 6) is 0.0808. The van der Waals surface area contributed by atoms with Gasteiger partial charge >= 0.3 is 0 Å². The second-order valence-corrected chi connectivity index (χ2v) is 9.87. The molecule has 6 nitrogen and oxygen atoms in total. The Balaban J connectivity index is 1.71. The van der Waals surface area contributed by atoms with E-state index in [4.69, 9.17) is 16.3 Å². The van der Waals surface area contributed by atoms with Crippen molar-refractivity contribution in [2.45, 2.75) is 26.8 Å². The summed E-state index contributed by atoms with van der Waals surface area (Å²) in [7, 11) is 1.50. The molecule has 9 heteroatoms. The molecule has 2 heterocycles. The molecule has 0 spiro atoms. The number of hydrogen-bond donors (Lipinski definition) is 1. The average molecular weight is 547 g/mol. The molecule has 0 unspecified atom stereocenters. The number of ether oxygens (including phenoxy) is 1. The van der Waals surface area contributed by atoms with Gasteiger partial charge in [0.25, 0.3) is 5.56 Å². The molecule has 170 valence electrons. The smallest absolute Gasteiger partial charge is 0.263 e. The Hall–Kier alpha value is -2.68. The second kappa shape index (κ2) is 9.67. The van der Waals surface area contributed by atoms with E-state index >= 15 is 0 Å². The zero-order chi connectivity index (χ0) is 23.7. The number of thiophene rings is 1. The van der Waals surface area contributed by atoms with Gasteiger partial charge < -0.3 is 10.1 Å². The van der Waals surface area contributed by atoms with Crippen LogP contribution in [0.2, 0.25) is 5.02 Å². The van der Waals surface area contributed by atoms with Crippen LogP contribution >= 0.6 is 38.9 Å². The molecular formula is C24H21BrClN3O3S. The van der Waals surface area contributed by atoms with E-state index in [9.17, 15) is 9.59 Å². The largest absolute Gasteiger partial charge is 0.495 e. The van der Waals surface area contributed by atoms with Crippen LogP contribution in [0.4, 0.5) is 5.69 Å². The van der Waals surface area contributed by atoms with Crippen molar-refractivity contribution in [3.63, 3.8) is 0 Å². The Morgan fingerprint density at radius 3 is 2.67 bits per heavy atom. The van der Waals surface area contributed by atoms with Crippen LogP contribution in [0.3, 0.4) is 0 Å². The Bertz CT molecular complexity index is 1410. The first-order valence-corrected chi connectivity index (χ1v) is 12.2. The van der Waals surface area contributed by atoms with Crippen molar-refractivity contribution in [3.8, 4) is 16.9 Å². The summed E-state index contributed by atoms with van der Waals surface area (Å²) in [5, 5.41) is 3.89. The van der Waals surface area contributed by atoms with E-state index in [-0.39, 0.29) is 18.0 Å². The number of carbonyl (C=O) groups excluding carboxylic acids is 1. The van der Waals surface area contributed by atoms with Crippen LogP contribution in [0.1, 0.15) is 17.4 Å². The van der Waals surface area contributed by atoms with Crippen molar-refractivity contribution >= 4 is 60.7 Å². The molecule has 0 saturated carbocycles. The lowest BCUT2D eigenvalue weighted by atomic mass is 10.0. The van der Waals surface area contributed by atoms with Gasteiger partial charge in [-0.15, -0.1) is 11.3 Å². The minimum Gasteiger partial charge on any atom is -0.495 e. The van der Waals surface area contributed by atoms with E-state index in [2.05, 4.69) is 33.2 Å². The summed E-state index contributed by atoms with van der Waals surface area (Å²) >= 11 is 11.1. The summed E-state index contributed by atoms with van der Waals surface area (Å²) in [6.07, 6.45) is 2.21. The van der Waals surface area contributed by atoms with Gasteiger partial charge in [0, 0.05) is 26.0 Å². The van der Waals surface area contributed by atoms with E-state index < -0.39 is 0 Å². The number of fused-ring (bicyclic) bond motifs is 1. The quantitative estimate of drug-likeness (QED) is 0.319. The van der Waals surface area contributed by atoms with Crippen molar-refractivity contribution in [2.24, 2.45) is 0 Å². The zero-order valence-electron chi connectivity index (χ0n) is 18.2. The maximum atomic E-state index is 13.4. The molecular weight excluding hydrogens is 526 g/mol. The monoisotopic (exact) mass is 545 g/mol. The summed E-state index contributed by atoms with van der Waals surface area (Å²) in [5.41, 5.74) is 2.88. The number of nitrogens with zero attached hydrogens (tertiary/aromatic N) is 2. The average Bonchev–Trinajstić information content (AvgIpc) is 3.18. The first-order chi connectivity index (χ1) is 15.8. The Morgan fingerprint density at radius 2 is 2.00 bits per heavy atom. The molecule has 0 aliphatic heterocycles. The molecule has 0 radical (unpaired) electrons. The van der Waals surface area contributed by atoms with Crippen LogP contribution in [0.5, 0.6) is 5.75 Å². The maximum absolute atomic E-state index is 13.4. The SMILES string of the molecule is CCc1sc2ncn(CC(=O)Nc3cc(C)c(Cl)cc3OC)c(=O)c2c1-c1ccc(Br)cc1. The predicted molar refractivity (Wildman–Crippen MR) is 138 cm³/mol. The third kappa shape index (κ3) is 4.69. The van der Waals surface area contributed by atoms with Gasteiger partial charge in [-0.25, -0.2) is 4.98 Å². The number of nitrogens with one attached hydrogen (secondary N) is 1. The van der Waals surface area contributed by atoms with Crippen LogP contribution in [0.15, 0.2) is 52.0 Å². The maximum Gasteiger partial charge on any atom is 0.263 e. The molecule has 0 saturated heterocycles. The Kier molecular flexibility index (Phi) is 6.88. The lowest BCUT2D eigenvalue weighted by molar-refractivity contribution is -0.116. The van der Waals surface area contributed by atoms with Gasteiger partial charge in [0.15, 0.2) is 0 Å². The fraction of sp³-hybridized carbons (Fsp3) is 0.208. The Morgan fingerprint density at radius 1 is 1.27 bits per heavy atom. The number of halogens is 2. The molecule has 33 heavy (non-hydrogen) atoms.